The summed E-state index contributed by atoms with van der Waals surface area (Å²) in [5.74, 6) is 0.138. The molecule has 0 fully saturated rings. The third-order valence-corrected chi connectivity index (χ3v) is 10.2. The van der Waals surface area contributed by atoms with Crippen LogP contribution >= 0.6 is 47.0 Å². The number of hydrogen-bond donors (Lipinski definition) is 4. The molecule has 0 spiro atoms. The topological polar surface area (TPSA) is 106 Å². The Bertz CT molecular complexity index is 1670. The molecule has 0 aliphatic carbocycles. The highest BCUT2D eigenvalue weighted by Crippen LogP contribution is 2.53. The number of rotatable bonds is 2. The van der Waals surface area contributed by atoms with Crippen molar-refractivity contribution in [3.05, 3.63) is 97.1 Å². The number of hydrogen-bond acceptors (Lipinski definition) is 10. The smallest absolute Gasteiger partial charge is 0.143 e. The van der Waals surface area contributed by atoms with Crippen LogP contribution in [0.15, 0.2) is 146 Å². The summed E-state index contributed by atoms with van der Waals surface area (Å²) in [6.07, 6.45) is 0. The van der Waals surface area contributed by atoms with Crippen LogP contribution in [0, 0.1) is 0 Å². The van der Waals surface area contributed by atoms with Crippen LogP contribution in [-0.2, 0) is 0 Å². The van der Waals surface area contributed by atoms with E-state index in [0.29, 0.717) is 50.5 Å². The number of azo groups is 1. The van der Waals surface area contributed by atoms with E-state index in [-0.39, 0.29) is 23.0 Å². The maximum atomic E-state index is 11.3. The molecular weight excluding hydrogens is 581 g/mol. The summed E-state index contributed by atoms with van der Waals surface area (Å²) in [4.78, 5) is 4.20. The van der Waals surface area contributed by atoms with Gasteiger partial charge in [-0.25, -0.2) is 0 Å². The second-order valence-corrected chi connectivity index (χ2v) is 12.9. The fourth-order valence-corrected chi connectivity index (χ4v) is 7.96. The average Bonchev–Trinajstić information content (AvgIpc) is 2.96. The summed E-state index contributed by atoms with van der Waals surface area (Å²) < 4.78 is 0. The van der Waals surface area contributed by atoms with Crippen molar-refractivity contribution in [2.75, 3.05) is 0 Å². The lowest BCUT2D eigenvalue weighted by Crippen LogP contribution is -1.86. The van der Waals surface area contributed by atoms with Gasteiger partial charge in [-0.15, -0.1) is 0 Å². The SMILES string of the molecule is Oc1c2cccc1Sc1cccc(c1O)Sc1cc(N=Nc3ccccc3)cc(c1O)Sc1cccc(c1O)S2. The van der Waals surface area contributed by atoms with Crippen molar-refractivity contribution in [1.82, 2.24) is 0 Å². The largest absolute Gasteiger partial charge is 0.506 e. The van der Waals surface area contributed by atoms with Crippen molar-refractivity contribution < 1.29 is 20.4 Å². The van der Waals surface area contributed by atoms with E-state index in [4.69, 9.17) is 0 Å². The van der Waals surface area contributed by atoms with Crippen LogP contribution in [0.4, 0.5) is 11.4 Å². The molecule has 0 saturated heterocycles. The van der Waals surface area contributed by atoms with Gasteiger partial charge in [-0.2, -0.15) is 10.2 Å². The summed E-state index contributed by atoms with van der Waals surface area (Å²) in [6, 6.07) is 28.8. The Balaban J connectivity index is 1.52. The number of fused-ring (bicyclic) bond motifs is 8. The lowest BCUT2D eigenvalue weighted by atomic mass is 10.3. The summed E-state index contributed by atoms with van der Waals surface area (Å²) in [6.45, 7) is 0. The van der Waals surface area contributed by atoms with Crippen molar-refractivity contribution in [2.45, 2.75) is 39.2 Å². The number of para-hydroxylation sites is 3. The highest BCUT2D eigenvalue weighted by molar-refractivity contribution is 8.01. The van der Waals surface area contributed by atoms with Gasteiger partial charge in [-0.1, -0.05) is 83.4 Å². The minimum Gasteiger partial charge on any atom is -0.506 e. The highest BCUT2D eigenvalue weighted by Gasteiger charge is 2.20. The maximum Gasteiger partial charge on any atom is 0.143 e. The highest BCUT2D eigenvalue weighted by atomic mass is 32.2. The van der Waals surface area contributed by atoms with E-state index in [2.05, 4.69) is 10.2 Å². The summed E-state index contributed by atoms with van der Waals surface area (Å²) in [5.41, 5.74) is 1.19. The fourth-order valence-electron chi connectivity index (χ4n) is 3.87. The van der Waals surface area contributed by atoms with Gasteiger partial charge in [0.2, 0.25) is 0 Å². The molecule has 40 heavy (non-hydrogen) atoms. The van der Waals surface area contributed by atoms with Crippen LogP contribution in [0.25, 0.3) is 0 Å². The zero-order valence-electron chi connectivity index (χ0n) is 20.6. The second-order valence-electron chi connectivity index (χ2n) is 8.54. The van der Waals surface area contributed by atoms with Crippen molar-refractivity contribution in [3.63, 3.8) is 0 Å². The standard InChI is InChI=1S/C30H20N2O4S4/c33-27-19-9-4-10-20(27)38-22-12-6-14-24(29(22)35)40-26-16-18(32-31-17-7-2-1-3-8-17)15-25(30(26)36)39-23-13-5-11-21(37-19)28(23)34/h1-16,33-36H. The zero-order chi connectivity index (χ0) is 27.6. The van der Waals surface area contributed by atoms with E-state index in [0.717, 1.165) is 0 Å². The lowest BCUT2D eigenvalue weighted by molar-refractivity contribution is 0.444. The summed E-state index contributed by atoms with van der Waals surface area (Å²) in [5, 5.41) is 53.5. The molecule has 6 nitrogen and oxygen atoms in total. The fraction of sp³-hybridized carbons (Fsp3) is 0. The first-order valence-corrected chi connectivity index (χ1v) is 15.2. The van der Waals surface area contributed by atoms with Gasteiger partial charge in [0.15, 0.2) is 0 Å². The number of phenolic OH excluding ortho intramolecular Hbond substituents is 4. The van der Waals surface area contributed by atoms with Crippen LogP contribution in [-0.4, -0.2) is 20.4 Å². The van der Waals surface area contributed by atoms with E-state index in [1.165, 1.54) is 47.0 Å². The molecule has 8 bridgehead atoms. The normalized spacial score (nSPS) is 12.9. The zero-order valence-corrected chi connectivity index (χ0v) is 23.8. The molecule has 0 unspecified atom stereocenters. The van der Waals surface area contributed by atoms with Crippen molar-refractivity contribution >= 4 is 58.4 Å². The van der Waals surface area contributed by atoms with Gasteiger partial charge in [0.25, 0.3) is 0 Å². The predicted octanol–water partition coefficient (Wildman–Crippen LogP) is 9.84. The molecule has 1 aliphatic heterocycles. The van der Waals surface area contributed by atoms with Crippen LogP contribution in [0.3, 0.4) is 0 Å². The first-order chi connectivity index (χ1) is 19.5. The molecule has 198 valence electrons. The molecule has 0 radical (unpaired) electrons. The van der Waals surface area contributed by atoms with Crippen LogP contribution in [0.1, 0.15) is 0 Å². The third-order valence-electron chi connectivity index (χ3n) is 5.83. The monoisotopic (exact) mass is 600 g/mol. The Morgan fingerprint density at radius 2 is 0.675 bits per heavy atom. The Labute approximate surface area is 247 Å². The van der Waals surface area contributed by atoms with Crippen LogP contribution in [0.2, 0.25) is 0 Å². The molecule has 5 aromatic carbocycles. The molecule has 0 aromatic heterocycles. The van der Waals surface area contributed by atoms with Gasteiger partial charge in [-0.05, 0) is 60.7 Å². The van der Waals surface area contributed by atoms with E-state index >= 15 is 0 Å². The van der Waals surface area contributed by atoms with Crippen LogP contribution < -0.4 is 0 Å². The average molecular weight is 601 g/mol. The Morgan fingerprint density at radius 1 is 0.350 bits per heavy atom. The van der Waals surface area contributed by atoms with Gasteiger partial charge in [0.05, 0.1) is 50.5 Å². The number of nitrogens with zero attached hydrogens (tertiary/aromatic N) is 2. The Kier molecular flexibility index (Phi) is 7.57. The molecule has 10 heteroatoms. The molecule has 1 heterocycles. The Hall–Kier alpha value is -3.70. The van der Waals surface area contributed by atoms with Crippen molar-refractivity contribution in [2.24, 2.45) is 10.2 Å². The second kappa shape index (κ2) is 11.4. The first kappa shape index (κ1) is 26.5. The van der Waals surface area contributed by atoms with Gasteiger partial charge in [0, 0.05) is 0 Å². The predicted molar refractivity (Wildman–Crippen MR) is 160 cm³/mol. The molecule has 0 atom stereocenters. The molecule has 0 saturated carbocycles. The Morgan fingerprint density at radius 3 is 1.07 bits per heavy atom. The van der Waals surface area contributed by atoms with Gasteiger partial charge in [0.1, 0.15) is 23.0 Å². The molecular formula is C30H20N2O4S4. The number of phenols is 4. The van der Waals surface area contributed by atoms with E-state index < -0.39 is 0 Å². The molecule has 6 rings (SSSR count). The summed E-state index contributed by atoms with van der Waals surface area (Å²) in [7, 11) is 0. The molecule has 0 amide bonds. The van der Waals surface area contributed by atoms with Crippen molar-refractivity contribution in [3.8, 4) is 23.0 Å². The van der Waals surface area contributed by atoms with Crippen molar-refractivity contribution in [1.29, 1.82) is 0 Å². The minimum atomic E-state index is -0.00136. The van der Waals surface area contributed by atoms with E-state index in [9.17, 15) is 20.4 Å². The minimum absolute atomic E-state index is 0.00136. The quantitative estimate of drug-likeness (QED) is 0.146. The molecule has 4 N–H and O–H groups in total. The van der Waals surface area contributed by atoms with E-state index in [1.54, 1.807) is 48.5 Å². The van der Waals surface area contributed by atoms with Gasteiger partial charge in [-0.3, -0.25) is 0 Å². The van der Waals surface area contributed by atoms with Gasteiger partial charge < -0.3 is 20.4 Å². The summed E-state index contributed by atoms with van der Waals surface area (Å²) >= 11 is 4.85. The number of benzene rings is 5. The lowest BCUT2D eigenvalue weighted by Gasteiger charge is -2.16. The van der Waals surface area contributed by atoms with Gasteiger partial charge >= 0.3 is 0 Å². The maximum absolute atomic E-state index is 11.3. The van der Waals surface area contributed by atoms with E-state index in [1.807, 2.05) is 48.5 Å². The molecule has 5 aromatic rings. The molecule has 1 aliphatic rings. The number of aromatic hydroxyl groups is 4. The third kappa shape index (κ3) is 5.48. The van der Waals surface area contributed by atoms with Crippen LogP contribution in [0.5, 0.6) is 23.0 Å². The first-order valence-electron chi connectivity index (χ1n) is 12.0.